The largest absolute Gasteiger partial charge is 0.330 e. The zero-order valence-corrected chi connectivity index (χ0v) is 12.0. The number of halogens is 2. The van der Waals surface area contributed by atoms with Crippen molar-refractivity contribution in [2.24, 2.45) is 11.7 Å². The SMILES string of the molecule is CCCC(CN)C(=O)Nc1ccc(Br)cc1Cl. The first-order valence-corrected chi connectivity index (χ1v) is 6.71. The molecule has 1 unspecified atom stereocenters. The fourth-order valence-electron chi connectivity index (χ4n) is 1.53. The molecule has 3 nitrogen and oxygen atoms in total. The lowest BCUT2D eigenvalue weighted by Crippen LogP contribution is -2.29. The third kappa shape index (κ3) is 4.30. The van der Waals surface area contributed by atoms with Gasteiger partial charge in [-0.3, -0.25) is 4.79 Å². The first-order valence-electron chi connectivity index (χ1n) is 5.54. The van der Waals surface area contributed by atoms with Gasteiger partial charge in [-0.1, -0.05) is 40.9 Å². The third-order valence-corrected chi connectivity index (χ3v) is 3.29. The van der Waals surface area contributed by atoms with Crippen LogP contribution in [-0.2, 0) is 4.79 Å². The van der Waals surface area contributed by atoms with Gasteiger partial charge in [0.15, 0.2) is 0 Å². The Hall–Kier alpha value is -0.580. The highest BCUT2D eigenvalue weighted by atomic mass is 79.9. The van der Waals surface area contributed by atoms with Crippen molar-refractivity contribution in [2.45, 2.75) is 19.8 Å². The minimum atomic E-state index is -0.153. The Kier molecular flexibility index (Phi) is 5.95. The van der Waals surface area contributed by atoms with Crippen molar-refractivity contribution in [3.63, 3.8) is 0 Å². The van der Waals surface area contributed by atoms with Crippen LogP contribution < -0.4 is 11.1 Å². The van der Waals surface area contributed by atoms with Gasteiger partial charge >= 0.3 is 0 Å². The molecule has 94 valence electrons. The van der Waals surface area contributed by atoms with Crippen molar-refractivity contribution in [3.05, 3.63) is 27.7 Å². The molecule has 17 heavy (non-hydrogen) atoms. The number of nitrogens with one attached hydrogen (secondary N) is 1. The summed E-state index contributed by atoms with van der Waals surface area (Å²) in [6.07, 6.45) is 1.72. The Morgan fingerprint density at radius 2 is 2.29 bits per heavy atom. The summed E-state index contributed by atoms with van der Waals surface area (Å²) in [6.45, 7) is 2.39. The maximum absolute atomic E-state index is 11.9. The van der Waals surface area contributed by atoms with Gasteiger partial charge in [0.25, 0.3) is 0 Å². The van der Waals surface area contributed by atoms with Crippen LogP contribution >= 0.6 is 27.5 Å². The number of hydrogen-bond acceptors (Lipinski definition) is 2. The zero-order valence-electron chi connectivity index (χ0n) is 9.67. The average Bonchev–Trinajstić information content (AvgIpc) is 2.29. The second-order valence-corrected chi connectivity index (χ2v) is 5.16. The van der Waals surface area contributed by atoms with Crippen LogP contribution in [0, 0.1) is 5.92 Å². The molecule has 0 heterocycles. The van der Waals surface area contributed by atoms with Gasteiger partial charge < -0.3 is 11.1 Å². The van der Waals surface area contributed by atoms with Crippen molar-refractivity contribution in [1.29, 1.82) is 0 Å². The summed E-state index contributed by atoms with van der Waals surface area (Å²) in [5.41, 5.74) is 6.19. The summed E-state index contributed by atoms with van der Waals surface area (Å²) in [5.74, 6) is -0.224. The molecule has 1 amide bonds. The molecule has 1 aromatic carbocycles. The summed E-state index contributed by atoms with van der Waals surface area (Å²) in [5, 5.41) is 3.32. The fraction of sp³-hybridized carbons (Fsp3) is 0.417. The van der Waals surface area contributed by atoms with Gasteiger partial charge in [-0.15, -0.1) is 0 Å². The molecule has 1 aromatic rings. The lowest BCUT2D eigenvalue weighted by Gasteiger charge is -2.14. The van der Waals surface area contributed by atoms with Crippen LogP contribution in [0.1, 0.15) is 19.8 Å². The van der Waals surface area contributed by atoms with Crippen LogP contribution in [0.4, 0.5) is 5.69 Å². The van der Waals surface area contributed by atoms with E-state index in [1.807, 2.05) is 13.0 Å². The minimum Gasteiger partial charge on any atom is -0.330 e. The minimum absolute atomic E-state index is 0.0708. The monoisotopic (exact) mass is 318 g/mol. The van der Waals surface area contributed by atoms with Crippen LogP contribution in [-0.4, -0.2) is 12.5 Å². The Bertz CT molecular complexity index is 398. The lowest BCUT2D eigenvalue weighted by atomic mass is 10.0. The van der Waals surface area contributed by atoms with E-state index in [9.17, 15) is 4.79 Å². The molecule has 0 fully saturated rings. The molecule has 0 spiro atoms. The molecule has 0 radical (unpaired) electrons. The highest BCUT2D eigenvalue weighted by Gasteiger charge is 2.16. The van der Waals surface area contributed by atoms with E-state index >= 15 is 0 Å². The number of hydrogen-bond donors (Lipinski definition) is 2. The Balaban J connectivity index is 2.73. The molecule has 5 heteroatoms. The molecule has 0 saturated heterocycles. The van der Waals surface area contributed by atoms with Crippen LogP contribution in [0.5, 0.6) is 0 Å². The van der Waals surface area contributed by atoms with E-state index in [2.05, 4.69) is 21.2 Å². The zero-order chi connectivity index (χ0) is 12.8. The smallest absolute Gasteiger partial charge is 0.228 e. The normalized spacial score (nSPS) is 12.2. The summed E-state index contributed by atoms with van der Waals surface area (Å²) in [7, 11) is 0. The molecule has 0 aliphatic rings. The summed E-state index contributed by atoms with van der Waals surface area (Å²) in [6, 6.07) is 5.34. The molecular formula is C12H16BrClN2O. The maximum atomic E-state index is 11.9. The second-order valence-electron chi connectivity index (χ2n) is 3.83. The Labute approximate surface area is 115 Å². The van der Waals surface area contributed by atoms with Crippen molar-refractivity contribution in [3.8, 4) is 0 Å². The predicted octanol–water partition coefficient (Wildman–Crippen LogP) is 3.42. The van der Waals surface area contributed by atoms with Crippen LogP contribution in [0.3, 0.4) is 0 Å². The molecule has 0 saturated carbocycles. The first-order chi connectivity index (χ1) is 8.08. The van der Waals surface area contributed by atoms with Crippen LogP contribution in [0.2, 0.25) is 5.02 Å². The van der Waals surface area contributed by atoms with E-state index in [1.54, 1.807) is 12.1 Å². The number of rotatable bonds is 5. The lowest BCUT2D eigenvalue weighted by molar-refractivity contribution is -0.119. The van der Waals surface area contributed by atoms with E-state index in [4.69, 9.17) is 17.3 Å². The number of benzene rings is 1. The number of anilines is 1. The molecular weight excluding hydrogens is 304 g/mol. The molecule has 1 rings (SSSR count). The summed E-state index contributed by atoms with van der Waals surface area (Å²) >= 11 is 9.34. The molecule has 0 aliphatic carbocycles. The maximum Gasteiger partial charge on any atom is 0.228 e. The second kappa shape index (κ2) is 6.99. The highest BCUT2D eigenvalue weighted by molar-refractivity contribution is 9.10. The number of amides is 1. The van der Waals surface area contributed by atoms with E-state index in [0.717, 1.165) is 17.3 Å². The third-order valence-electron chi connectivity index (χ3n) is 2.48. The van der Waals surface area contributed by atoms with Crippen LogP contribution in [0.15, 0.2) is 22.7 Å². The van der Waals surface area contributed by atoms with Gasteiger partial charge in [0.2, 0.25) is 5.91 Å². The summed E-state index contributed by atoms with van der Waals surface area (Å²) in [4.78, 5) is 11.9. The first kappa shape index (κ1) is 14.5. The predicted molar refractivity (Wildman–Crippen MR) is 75.2 cm³/mol. The summed E-state index contributed by atoms with van der Waals surface area (Å²) < 4.78 is 0.879. The van der Waals surface area contributed by atoms with Gasteiger partial charge in [-0.2, -0.15) is 0 Å². The quantitative estimate of drug-likeness (QED) is 0.873. The van der Waals surface area contributed by atoms with Crippen molar-refractivity contribution >= 4 is 39.1 Å². The number of carbonyl (C=O) groups is 1. The number of nitrogens with two attached hydrogens (primary N) is 1. The molecule has 0 aliphatic heterocycles. The topological polar surface area (TPSA) is 55.1 Å². The Morgan fingerprint density at radius 1 is 1.59 bits per heavy atom. The van der Waals surface area contributed by atoms with E-state index < -0.39 is 0 Å². The number of carbonyl (C=O) groups excluding carboxylic acids is 1. The van der Waals surface area contributed by atoms with E-state index in [1.165, 1.54) is 0 Å². The van der Waals surface area contributed by atoms with Crippen LogP contribution in [0.25, 0.3) is 0 Å². The van der Waals surface area contributed by atoms with Gasteiger partial charge in [-0.25, -0.2) is 0 Å². The molecule has 3 N–H and O–H groups in total. The van der Waals surface area contributed by atoms with Gasteiger partial charge in [0, 0.05) is 11.0 Å². The van der Waals surface area contributed by atoms with Gasteiger partial charge in [-0.05, 0) is 24.6 Å². The van der Waals surface area contributed by atoms with Gasteiger partial charge in [0.1, 0.15) is 0 Å². The highest BCUT2D eigenvalue weighted by Crippen LogP contribution is 2.26. The van der Waals surface area contributed by atoms with Gasteiger partial charge in [0.05, 0.1) is 16.6 Å². The molecule has 1 atom stereocenters. The Morgan fingerprint density at radius 3 is 2.82 bits per heavy atom. The molecule has 0 aromatic heterocycles. The van der Waals surface area contributed by atoms with Crippen molar-refractivity contribution < 1.29 is 4.79 Å². The van der Waals surface area contributed by atoms with E-state index in [0.29, 0.717) is 17.3 Å². The average molecular weight is 320 g/mol. The molecule has 0 bridgehead atoms. The fourth-order valence-corrected chi connectivity index (χ4v) is 2.25. The standard InChI is InChI=1S/C12H16BrClN2O/c1-2-3-8(7-15)12(17)16-11-5-4-9(13)6-10(11)14/h4-6,8H,2-3,7,15H2,1H3,(H,16,17). The van der Waals surface area contributed by atoms with Crippen molar-refractivity contribution in [2.75, 3.05) is 11.9 Å². The van der Waals surface area contributed by atoms with E-state index in [-0.39, 0.29) is 11.8 Å². The van der Waals surface area contributed by atoms with Crippen molar-refractivity contribution in [1.82, 2.24) is 0 Å².